The van der Waals surface area contributed by atoms with Crippen LogP contribution < -0.4 is 4.74 Å². The van der Waals surface area contributed by atoms with Crippen LogP contribution in [-0.2, 0) is 11.3 Å². The van der Waals surface area contributed by atoms with Gasteiger partial charge in [-0.2, -0.15) is 0 Å². The van der Waals surface area contributed by atoms with Gasteiger partial charge in [0.05, 0.1) is 6.61 Å². The Morgan fingerprint density at radius 1 is 1.24 bits per heavy atom. The summed E-state index contributed by atoms with van der Waals surface area (Å²) in [5.41, 5.74) is 1.51. The van der Waals surface area contributed by atoms with Crippen LogP contribution in [0.25, 0.3) is 0 Å². The lowest BCUT2D eigenvalue weighted by Gasteiger charge is -2.22. The number of amides is 1. The highest BCUT2D eigenvalue weighted by Crippen LogP contribution is 2.48. The SMILES string of the molecule is O=C(OCc1ccccc1)N1C[C@@H](CO)[C@@H]2Oc3c(F)cccc3[C@@H]21. The molecule has 25 heavy (non-hydrogen) atoms. The van der Waals surface area contributed by atoms with Crippen LogP contribution in [0.1, 0.15) is 17.2 Å². The molecule has 0 aliphatic carbocycles. The first-order chi connectivity index (χ1) is 12.2. The van der Waals surface area contributed by atoms with Crippen LogP contribution in [0.5, 0.6) is 5.75 Å². The molecule has 3 atom stereocenters. The van der Waals surface area contributed by atoms with Crippen molar-refractivity contribution in [2.24, 2.45) is 5.92 Å². The third kappa shape index (κ3) is 2.72. The number of rotatable bonds is 3. The van der Waals surface area contributed by atoms with E-state index in [0.29, 0.717) is 12.1 Å². The second-order valence-electron chi connectivity index (χ2n) is 6.32. The molecule has 0 aromatic heterocycles. The van der Waals surface area contributed by atoms with Gasteiger partial charge in [0, 0.05) is 18.0 Å². The number of benzene rings is 2. The Morgan fingerprint density at radius 2 is 2.04 bits per heavy atom. The molecular formula is C19H18FNO4. The van der Waals surface area contributed by atoms with E-state index in [4.69, 9.17) is 9.47 Å². The molecular weight excluding hydrogens is 325 g/mol. The number of hydrogen-bond acceptors (Lipinski definition) is 4. The van der Waals surface area contributed by atoms with Crippen LogP contribution >= 0.6 is 0 Å². The summed E-state index contributed by atoms with van der Waals surface area (Å²) >= 11 is 0. The number of nitrogens with zero attached hydrogens (tertiary/aromatic N) is 1. The van der Waals surface area contributed by atoms with Gasteiger partial charge in [0.1, 0.15) is 18.8 Å². The minimum atomic E-state index is -0.490. The molecule has 0 spiro atoms. The molecule has 0 radical (unpaired) electrons. The Labute approximate surface area is 144 Å². The van der Waals surface area contributed by atoms with Gasteiger partial charge in [-0.1, -0.05) is 42.5 Å². The highest BCUT2D eigenvalue weighted by Gasteiger charge is 2.52. The summed E-state index contributed by atoms with van der Waals surface area (Å²) in [5.74, 6) is -0.571. The van der Waals surface area contributed by atoms with Crippen LogP contribution in [0.2, 0.25) is 0 Å². The maximum atomic E-state index is 14.0. The van der Waals surface area contributed by atoms with E-state index in [0.717, 1.165) is 5.56 Å². The molecule has 1 saturated heterocycles. The average molecular weight is 343 g/mol. The van der Waals surface area contributed by atoms with Gasteiger partial charge in [-0.25, -0.2) is 9.18 Å². The number of carbonyl (C=O) groups excluding carboxylic acids is 1. The third-order valence-electron chi connectivity index (χ3n) is 4.79. The summed E-state index contributed by atoms with van der Waals surface area (Å²) in [6.45, 7) is 0.336. The highest BCUT2D eigenvalue weighted by molar-refractivity contribution is 5.70. The first-order valence-electron chi connectivity index (χ1n) is 8.22. The zero-order chi connectivity index (χ0) is 17.4. The van der Waals surface area contributed by atoms with Crippen molar-refractivity contribution in [3.05, 3.63) is 65.5 Å². The monoisotopic (exact) mass is 343 g/mol. The molecule has 6 heteroatoms. The summed E-state index contributed by atoms with van der Waals surface area (Å²) in [5, 5.41) is 9.62. The molecule has 1 N–H and O–H groups in total. The number of para-hydroxylation sites is 1. The van der Waals surface area contributed by atoms with E-state index < -0.39 is 24.1 Å². The Balaban J connectivity index is 1.55. The van der Waals surface area contributed by atoms with E-state index in [-0.39, 0.29) is 24.9 Å². The molecule has 130 valence electrons. The minimum Gasteiger partial charge on any atom is -0.484 e. The van der Waals surface area contributed by atoms with Crippen molar-refractivity contribution < 1.29 is 23.8 Å². The van der Waals surface area contributed by atoms with Gasteiger partial charge in [0.2, 0.25) is 0 Å². The molecule has 5 nitrogen and oxygen atoms in total. The molecule has 2 aromatic carbocycles. The summed E-state index contributed by atoms with van der Waals surface area (Å²) in [4.78, 5) is 14.1. The van der Waals surface area contributed by atoms with Gasteiger partial charge in [0.15, 0.2) is 11.6 Å². The van der Waals surface area contributed by atoms with Crippen molar-refractivity contribution in [3.8, 4) is 5.75 Å². The van der Waals surface area contributed by atoms with Gasteiger partial charge in [-0.15, -0.1) is 0 Å². The van der Waals surface area contributed by atoms with E-state index in [1.165, 1.54) is 11.0 Å². The topological polar surface area (TPSA) is 59.0 Å². The number of aliphatic hydroxyl groups excluding tert-OH is 1. The summed E-state index contributed by atoms with van der Waals surface area (Å²) < 4.78 is 25.1. The lowest BCUT2D eigenvalue weighted by Crippen LogP contribution is -2.32. The average Bonchev–Trinajstić information content (AvgIpc) is 3.19. The van der Waals surface area contributed by atoms with E-state index in [9.17, 15) is 14.3 Å². The molecule has 4 rings (SSSR count). The summed E-state index contributed by atoms with van der Waals surface area (Å²) in [6.07, 6.45) is -0.948. The maximum Gasteiger partial charge on any atom is 0.410 e. The van der Waals surface area contributed by atoms with Crippen LogP contribution in [0.4, 0.5) is 9.18 Å². The number of carbonyl (C=O) groups is 1. The van der Waals surface area contributed by atoms with Crippen LogP contribution in [0.3, 0.4) is 0 Å². The first-order valence-corrected chi connectivity index (χ1v) is 8.22. The van der Waals surface area contributed by atoms with Gasteiger partial charge in [-0.3, -0.25) is 4.90 Å². The number of likely N-dealkylation sites (tertiary alicyclic amines) is 1. The Hall–Kier alpha value is -2.60. The van der Waals surface area contributed by atoms with Gasteiger partial charge in [-0.05, 0) is 11.6 Å². The molecule has 1 amide bonds. The number of ether oxygens (including phenoxy) is 2. The molecule has 2 aromatic rings. The fraction of sp³-hybridized carbons (Fsp3) is 0.316. The highest BCUT2D eigenvalue weighted by atomic mass is 19.1. The number of hydrogen-bond donors (Lipinski definition) is 1. The Kier molecular flexibility index (Phi) is 4.05. The van der Waals surface area contributed by atoms with Crippen molar-refractivity contribution in [3.63, 3.8) is 0 Å². The molecule has 0 unspecified atom stereocenters. The van der Waals surface area contributed by atoms with E-state index in [1.807, 2.05) is 30.3 Å². The zero-order valence-corrected chi connectivity index (χ0v) is 13.5. The van der Waals surface area contributed by atoms with Gasteiger partial charge < -0.3 is 14.6 Å². The number of halogens is 1. The second kappa shape index (κ2) is 6.37. The van der Waals surface area contributed by atoms with Crippen LogP contribution in [-0.4, -0.2) is 35.4 Å². The fourth-order valence-electron chi connectivity index (χ4n) is 3.58. The summed E-state index contributed by atoms with van der Waals surface area (Å²) in [7, 11) is 0. The fourth-order valence-corrected chi connectivity index (χ4v) is 3.58. The van der Waals surface area contributed by atoms with E-state index in [2.05, 4.69) is 0 Å². The van der Waals surface area contributed by atoms with Crippen molar-refractivity contribution in [1.29, 1.82) is 0 Å². The predicted octanol–water partition coefficient (Wildman–Crippen LogP) is 2.89. The van der Waals surface area contributed by atoms with Crippen LogP contribution in [0, 0.1) is 11.7 Å². The molecule has 2 aliphatic heterocycles. The van der Waals surface area contributed by atoms with Crippen molar-refractivity contribution >= 4 is 6.09 Å². The second-order valence-corrected chi connectivity index (χ2v) is 6.32. The number of fused-ring (bicyclic) bond motifs is 3. The van der Waals surface area contributed by atoms with E-state index >= 15 is 0 Å². The van der Waals surface area contributed by atoms with E-state index in [1.54, 1.807) is 12.1 Å². The predicted molar refractivity (Wildman–Crippen MR) is 87.5 cm³/mol. The van der Waals surface area contributed by atoms with Crippen LogP contribution in [0.15, 0.2) is 48.5 Å². The normalized spacial score (nSPS) is 23.8. The molecule has 1 fully saturated rings. The summed E-state index contributed by atoms with van der Waals surface area (Å²) in [6, 6.07) is 13.6. The zero-order valence-electron chi connectivity index (χ0n) is 13.5. The standard InChI is InChI=1S/C19H18FNO4/c20-15-8-4-7-14-16-17(25-18(14)15)13(10-22)9-21(16)19(23)24-11-12-5-2-1-3-6-12/h1-8,13,16-17,22H,9-11H2/t13-,16-,17-/m0/s1. The third-order valence-corrected chi connectivity index (χ3v) is 4.79. The van der Waals surface area contributed by atoms with Gasteiger partial charge >= 0.3 is 6.09 Å². The Bertz CT molecular complexity index is 782. The quantitative estimate of drug-likeness (QED) is 0.931. The smallest absolute Gasteiger partial charge is 0.410 e. The van der Waals surface area contributed by atoms with Crippen molar-refractivity contribution in [1.82, 2.24) is 4.90 Å². The lowest BCUT2D eigenvalue weighted by atomic mass is 9.99. The molecule has 0 saturated carbocycles. The van der Waals surface area contributed by atoms with Crippen molar-refractivity contribution in [2.75, 3.05) is 13.2 Å². The lowest BCUT2D eigenvalue weighted by molar-refractivity contribution is 0.0845. The maximum absolute atomic E-state index is 14.0. The molecule has 0 bridgehead atoms. The Morgan fingerprint density at radius 3 is 2.80 bits per heavy atom. The largest absolute Gasteiger partial charge is 0.484 e. The van der Waals surface area contributed by atoms with Gasteiger partial charge in [0.25, 0.3) is 0 Å². The number of aliphatic hydroxyl groups is 1. The molecule has 2 aliphatic rings. The first kappa shape index (κ1) is 15.9. The minimum absolute atomic E-state index is 0.140. The van der Waals surface area contributed by atoms with Crippen molar-refractivity contribution in [2.45, 2.75) is 18.8 Å². The molecule has 2 heterocycles.